The molecule has 1 N–H and O–H groups in total. The lowest BCUT2D eigenvalue weighted by atomic mass is 10.1. The fraction of sp³-hybridized carbons (Fsp3) is 0.190. The first-order valence-electron chi connectivity index (χ1n) is 8.78. The predicted molar refractivity (Wildman–Crippen MR) is 111 cm³/mol. The number of hydrogen-bond donors (Lipinski definition) is 1. The van der Waals surface area contributed by atoms with Gasteiger partial charge in [-0.05, 0) is 38.1 Å². The molecule has 0 aliphatic heterocycles. The van der Waals surface area contributed by atoms with E-state index in [0.29, 0.717) is 6.04 Å². The molecular formula is C21H20N4OS. The molecule has 0 aliphatic rings. The zero-order valence-corrected chi connectivity index (χ0v) is 16.2. The molecule has 0 bridgehead atoms. The molecule has 27 heavy (non-hydrogen) atoms. The number of pyridine rings is 1. The molecular weight excluding hydrogens is 356 g/mol. The highest BCUT2D eigenvalue weighted by atomic mass is 32.1. The Morgan fingerprint density at radius 1 is 0.926 bits per heavy atom. The molecule has 6 heteroatoms. The Morgan fingerprint density at radius 3 is 2.41 bits per heavy atom. The van der Waals surface area contributed by atoms with Gasteiger partial charge in [0.25, 0.3) is 0 Å². The number of methoxy groups -OCH3 is 1. The number of fused-ring (bicyclic) bond motifs is 1. The zero-order chi connectivity index (χ0) is 18.8. The van der Waals surface area contributed by atoms with Crippen LogP contribution < -0.4 is 10.1 Å². The zero-order valence-electron chi connectivity index (χ0n) is 15.4. The molecule has 0 amide bonds. The summed E-state index contributed by atoms with van der Waals surface area (Å²) in [5, 5.41) is 14.5. The summed E-state index contributed by atoms with van der Waals surface area (Å²) in [4.78, 5) is 6.63. The Labute approximate surface area is 162 Å². The van der Waals surface area contributed by atoms with Crippen LogP contribution in [0.25, 0.3) is 31.9 Å². The highest BCUT2D eigenvalue weighted by Gasteiger charge is 2.14. The van der Waals surface area contributed by atoms with Crippen molar-refractivity contribution in [3.05, 3.63) is 54.7 Å². The van der Waals surface area contributed by atoms with Gasteiger partial charge in [0.1, 0.15) is 11.4 Å². The van der Waals surface area contributed by atoms with E-state index in [1.54, 1.807) is 24.6 Å². The lowest BCUT2D eigenvalue weighted by molar-refractivity contribution is 0.413. The quantitative estimate of drug-likeness (QED) is 0.515. The van der Waals surface area contributed by atoms with Gasteiger partial charge in [0.2, 0.25) is 0 Å². The largest absolute Gasteiger partial charge is 0.495 e. The molecule has 0 radical (unpaired) electrons. The highest BCUT2D eigenvalue weighted by molar-refractivity contribution is 7.18. The van der Waals surface area contributed by atoms with Crippen molar-refractivity contribution in [2.75, 3.05) is 12.4 Å². The van der Waals surface area contributed by atoms with Crippen molar-refractivity contribution in [2.24, 2.45) is 0 Å². The van der Waals surface area contributed by atoms with Gasteiger partial charge in [-0.15, -0.1) is 21.5 Å². The maximum Gasteiger partial charge on any atom is 0.156 e. The molecule has 0 aliphatic carbocycles. The summed E-state index contributed by atoms with van der Waals surface area (Å²) >= 11 is 1.66. The monoisotopic (exact) mass is 376 g/mol. The van der Waals surface area contributed by atoms with Crippen LogP contribution in [0, 0.1) is 0 Å². The van der Waals surface area contributed by atoms with Crippen molar-refractivity contribution in [2.45, 2.75) is 19.9 Å². The number of aromatic nitrogens is 3. The van der Waals surface area contributed by atoms with Gasteiger partial charge in [0.05, 0.1) is 28.8 Å². The van der Waals surface area contributed by atoms with E-state index >= 15 is 0 Å². The minimum absolute atomic E-state index is 0.294. The van der Waals surface area contributed by atoms with E-state index in [0.717, 1.165) is 43.5 Å². The number of anilines is 1. The first-order chi connectivity index (χ1) is 13.2. The highest BCUT2D eigenvalue weighted by Crippen LogP contribution is 2.37. The lowest BCUT2D eigenvalue weighted by Crippen LogP contribution is -2.12. The molecule has 0 fully saturated rings. The minimum atomic E-state index is 0.294. The van der Waals surface area contributed by atoms with Crippen LogP contribution in [0.15, 0.2) is 54.7 Å². The molecule has 0 saturated heterocycles. The third-order valence-corrected chi connectivity index (χ3v) is 5.29. The fourth-order valence-corrected chi connectivity index (χ4v) is 3.90. The first kappa shape index (κ1) is 17.4. The molecule has 5 nitrogen and oxygen atoms in total. The van der Waals surface area contributed by atoms with Crippen molar-refractivity contribution in [3.8, 4) is 26.9 Å². The van der Waals surface area contributed by atoms with Gasteiger partial charge in [-0.2, -0.15) is 0 Å². The number of ether oxygens (including phenoxy) is 1. The SMILES string of the molecule is COc1ccc(-c2ccc(-c3nnc(NC(C)C)c4ccccc34)s2)nc1. The molecule has 3 aromatic heterocycles. The van der Waals surface area contributed by atoms with Crippen LogP contribution >= 0.6 is 11.3 Å². The second-order valence-electron chi connectivity index (χ2n) is 6.49. The molecule has 0 saturated carbocycles. The molecule has 4 rings (SSSR count). The third-order valence-electron chi connectivity index (χ3n) is 4.18. The van der Waals surface area contributed by atoms with Gasteiger partial charge in [-0.3, -0.25) is 4.98 Å². The van der Waals surface area contributed by atoms with Gasteiger partial charge in [0, 0.05) is 16.8 Å². The van der Waals surface area contributed by atoms with Gasteiger partial charge in [-0.1, -0.05) is 24.3 Å². The van der Waals surface area contributed by atoms with Crippen LogP contribution in [0.3, 0.4) is 0 Å². The number of nitrogens with zero attached hydrogens (tertiary/aromatic N) is 3. The Hall–Kier alpha value is -2.99. The number of thiophene rings is 1. The topological polar surface area (TPSA) is 59.9 Å². The number of benzene rings is 1. The summed E-state index contributed by atoms with van der Waals surface area (Å²) in [6, 6.07) is 16.6. The van der Waals surface area contributed by atoms with Gasteiger partial charge < -0.3 is 10.1 Å². The number of nitrogens with one attached hydrogen (secondary N) is 1. The molecule has 3 heterocycles. The van der Waals surface area contributed by atoms with Crippen molar-refractivity contribution >= 4 is 27.9 Å². The Kier molecular flexibility index (Phi) is 4.73. The molecule has 0 spiro atoms. The van der Waals surface area contributed by atoms with Crippen LogP contribution in [-0.4, -0.2) is 28.3 Å². The van der Waals surface area contributed by atoms with Crippen molar-refractivity contribution in [1.29, 1.82) is 0 Å². The van der Waals surface area contributed by atoms with Crippen LogP contribution in [0.1, 0.15) is 13.8 Å². The normalized spacial score (nSPS) is 11.1. The van der Waals surface area contributed by atoms with Gasteiger partial charge in [-0.25, -0.2) is 0 Å². The average Bonchev–Trinajstić information content (AvgIpc) is 3.18. The van der Waals surface area contributed by atoms with Gasteiger partial charge in [0.15, 0.2) is 5.82 Å². The predicted octanol–water partition coefficient (Wildman–Crippen LogP) is 5.25. The molecule has 0 unspecified atom stereocenters. The van der Waals surface area contributed by atoms with E-state index in [1.807, 2.05) is 24.3 Å². The Balaban J connectivity index is 1.76. The van der Waals surface area contributed by atoms with E-state index in [4.69, 9.17) is 4.74 Å². The summed E-state index contributed by atoms with van der Waals surface area (Å²) in [5.74, 6) is 1.57. The molecule has 136 valence electrons. The number of hydrogen-bond acceptors (Lipinski definition) is 6. The molecule has 1 aromatic carbocycles. The summed E-state index contributed by atoms with van der Waals surface area (Å²) in [5.41, 5.74) is 1.81. The fourth-order valence-electron chi connectivity index (χ4n) is 2.92. The summed E-state index contributed by atoms with van der Waals surface area (Å²) in [7, 11) is 1.64. The summed E-state index contributed by atoms with van der Waals surface area (Å²) in [6.07, 6.45) is 1.73. The van der Waals surface area contributed by atoms with Crippen molar-refractivity contribution in [3.63, 3.8) is 0 Å². The average molecular weight is 376 g/mol. The van der Waals surface area contributed by atoms with Crippen LogP contribution in [0.4, 0.5) is 5.82 Å². The summed E-state index contributed by atoms with van der Waals surface area (Å²) in [6.45, 7) is 4.19. The van der Waals surface area contributed by atoms with Crippen LogP contribution in [-0.2, 0) is 0 Å². The Morgan fingerprint density at radius 2 is 1.70 bits per heavy atom. The van der Waals surface area contributed by atoms with E-state index < -0.39 is 0 Å². The summed E-state index contributed by atoms with van der Waals surface area (Å²) < 4.78 is 5.18. The van der Waals surface area contributed by atoms with E-state index in [2.05, 4.69) is 58.6 Å². The maximum absolute atomic E-state index is 5.18. The minimum Gasteiger partial charge on any atom is -0.495 e. The maximum atomic E-state index is 5.18. The molecule has 4 aromatic rings. The van der Waals surface area contributed by atoms with Crippen molar-refractivity contribution < 1.29 is 4.74 Å². The van der Waals surface area contributed by atoms with E-state index in [9.17, 15) is 0 Å². The number of rotatable bonds is 5. The van der Waals surface area contributed by atoms with Gasteiger partial charge >= 0.3 is 0 Å². The van der Waals surface area contributed by atoms with Crippen molar-refractivity contribution in [1.82, 2.24) is 15.2 Å². The second-order valence-corrected chi connectivity index (χ2v) is 7.57. The third kappa shape index (κ3) is 3.48. The van der Waals surface area contributed by atoms with E-state index in [1.165, 1.54) is 0 Å². The Bertz CT molecular complexity index is 1070. The lowest BCUT2D eigenvalue weighted by Gasteiger charge is -2.12. The first-order valence-corrected chi connectivity index (χ1v) is 9.60. The standard InChI is InChI=1S/C21H20N4OS/c1-13(2)23-21-16-7-5-4-6-15(16)20(24-25-21)19-11-10-18(27-19)17-9-8-14(26-3)12-22-17/h4-13H,1-3H3,(H,23,25). The van der Waals surface area contributed by atoms with E-state index in [-0.39, 0.29) is 0 Å². The second kappa shape index (κ2) is 7.32. The molecule has 0 atom stereocenters. The smallest absolute Gasteiger partial charge is 0.156 e. The van der Waals surface area contributed by atoms with Crippen LogP contribution in [0.5, 0.6) is 5.75 Å². The van der Waals surface area contributed by atoms with Crippen LogP contribution in [0.2, 0.25) is 0 Å².